The van der Waals surface area contributed by atoms with Gasteiger partial charge in [-0.3, -0.25) is 9.59 Å². The van der Waals surface area contributed by atoms with Crippen molar-refractivity contribution in [2.24, 2.45) is 5.92 Å². The normalized spacial score (nSPS) is 14.2. The second-order valence-corrected chi connectivity index (χ2v) is 5.92. The molecule has 6 nitrogen and oxygen atoms in total. The number of aromatic nitrogens is 2. The number of carbonyl (C=O) groups excluding carboxylic acids is 1. The largest absolute Gasteiger partial charge is 0.388 e. The summed E-state index contributed by atoms with van der Waals surface area (Å²) in [6.45, 7) is 9.16. The number of aryl methyl sites for hydroxylation is 1. The van der Waals surface area contributed by atoms with E-state index in [2.05, 4.69) is 15.5 Å². The van der Waals surface area contributed by atoms with Gasteiger partial charge in [0.1, 0.15) is 5.56 Å². The lowest BCUT2D eigenvalue weighted by Gasteiger charge is -2.25. The first-order valence-electron chi connectivity index (χ1n) is 6.70. The van der Waals surface area contributed by atoms with Crippen LogP contribution in [-0.4, -0.2) is 33.4 Å². The number of carbonyl (C=O) groups is 1. The zero-order valence-electron chi connectivity index (χ0n) is 12.7. The van der Waals surface area contributed by atoms with Crippen molar-refractivity contribution in [1.29, 1.82) is 0 Å². The molecule has 0 aromatic carbocycles. The van der Waals surface area contributed by atoms with Crippen LogP contribution in [0.15, 0.2) is 4.79 Å². The molecular weight excluding hydrogens is 258 g/mol. The van der Waals surface area contributed by atoms with Crippen LogP contribution in [0.1, 0.15) is 48.8 Å². The molecule has 0 radical (unpaired) electrons. The van der Waals surface area contributed by atoms with Crippen molar-refractivity contribution in [3.8, 4) is 0 Å². The Morgan fingerprint density at radius 1 is 1.45 bits per heavy atom. The fraction of sp³-hybridized carbons (Fsp3) is 0.643. The van der Waals surface area contributed by atoms with Gasteiger partial charge in [0.05, 0.1) is 11.3 Å². The lowest BCUT2D eigenvalue weighted by Crippen LogP contribution is -2.43. The predicted molar refractivity (Wildman–Crippen MR) is 76.7 cm³/mol. The highest BCUT2D eigenvalue weighted by Crippen LogP contribution is 2.15. The Hall–Kier alpha value is -1.69. The van der Waals surface area contributed by atoms with E-state index in [1.54, 1.807) is 20.8 Å². The number of rotatable bonds is 5. The van der Waals surface area contributed by atoms with E-state index >= 15 is 0 Å². The number of nitrogens with one attached hydrogen (secondary N) is 2. The van der Waals surface area contributed by atoms with Gasteiger partial charge in [-0.1, -0.05) is 13.8 Å². The number of H-pyrrole nitrogens is 1. The molecule has 1 aromatic heterocycles. The van der Waals surface area contributed by atoms with E-state index in [-0.39, 0.29) is 12.1 Å². The minimum Gasteiger partial charge on any atom is -0.388 e. The molecule has 1 aromatic rings. The molecular formula is C14H23N3O3. The van der Waals surface area contributed by atoms with Gasteiger partial charge in [-0.05, 0) is 38.7 Å². The summed E-state index contributed by atoms with van der Waals surface area (Å²) in [6, 6.07) is 0. The van der Waals surface area contributed by atoms with Gasteiger partial charge < -0.3 is 10.4 Å². The van der Waals surface area contributed by atoms with Gasteiger partial charge in [-0.15, -0.1) is 0 Å². The Bertz CT molecular complexity index is 547. The zero-order valence-corrected chi connectivity index (χ0v) is 12.7. The van der Waals surface area contributed by atoms with Crippen LogP contribution < -0.4 is 10.9 Å². The Morgan fingerprint density at radius 2 is 2.05 bits per heavy atom. The molecule has 0 saturated carbocycles. The molecule has 0 bridgehead atoms. The molecule has 0 aliphatic carbocycles. The number of aromatic amines is 1. The average Bonchev–Trinajstić information content (AvgIpc) is 2.30. The van der Waals surface area contributed by atoms with Crippen molar-refractivity contribution in [2.75, 3.05) is 6.54 Å². The van der Waals surface area contributed by atoms with Crippen molar-refractivity contribution in [1.82, 2.24) is 15.5 Å². The molecule has 0 aliphatic rings. The summed E-state index contributed by atoms with van der Waals surface area (Å²) in [5.41, 5.74) is -0.308. The minimum absolute atomic E-state index is 0.0536. The van der Waals surface area contributed by atoms with E-state index in [1.807, 2.05) is 13.8 Å². The fourth-order valence-electron chi connectivity index (χ4n) is 2.21. The zero-order chi connectivity index (χ0) is 15.5. The van der Waals surface area contributed by atoms with Gasteiger partial charge in [0.25, 0.3) is 11.5 Å². The van der Waals surface area contributed by atoms with Crippen LogP contribution in [0.3, 0.4) is 0 Å². The SMILES string of the molecule is Cc1n[nH]c(=O)c(C(=O)NCC(C)(O)CC(C)C)c1C. The quantitative estimate of drug-likeness (QED) is 0.747. The summed E-state index contributed by atoms with van der Waals surface area (Å²) < 4.78 is 0. The lowest BCUT2D eigenvalue weighted by atomic mass is 9.94. The maximum atomic E-state index is 12.1. The highest BCUT2D eigenvalue weighted by molar-refractivity contribution is 5.95. The van der Waals surface area contributed by atoms with Crippen LogP contribution in [0.2, 0.25) is 0 Å². The van der Waals surface area contributed by atoms with E-state index in [0.717, 1.165) is 0 Å². The maximum Gasteiger partial charge on any atom is 0.277 e. The van der Waals surface area contributed by atoms with Crippen molar-refractivity contribution in [3.63, 3.8) is 0 Å². The number of nitrogens with zero attached hydrogens (tertiary/aromatic N) is 1. The number of amides is 1. The molecule has 20 heavy (non-hydrogen) atoms. The van der Waals surface area contributed by atoms with Gasteiger partial charge in [0.2, 0.25) is 0 Å². The lowest BCUT2D eigenvalue weighted by molar-refractivity contribution is 0.0368. The van der Waals surface area contributed by atoms with Crippen LogP contribution in [0, 0.1) is 19.8 Å². The molecule has 0 aliphatic heterocycles. The topological polar surface area (TPSA) is 95.1 Å². The Labute approximate surface area is 118 Å². The van der Waals surface area contributed by atoms with Gasteiger partial charge in [-0.2, -0.15) is 5.10 Å². The van der Waals surface area contributed by atoms with Crippen LogP contribution in [0.4, 0.5) is 0 Å². The number of hydrogen-bond donors (Lipinski definition) is 3. The molecule has 1 rings (SSSR count). The highest BCUT2D eigenvalue weighted by atomic mass is 16.3. The van der Waals surface area contributed by atoms with E-state index in [4.69, 9.17) is 0 Å². The van der Waals surface area contributed by atoms with E-state index in [9.17, 15) is 14.7 Å². The number of hydrogen-bond acceptors (Lipinski definition) is 4. The Balaban J connectivity index is 2.83. The maximum absolute atomic E-state index is 12.1. The third-order valence-electron chi connectivity index (χ3n) is 3.17. The molecule has 3 N–H and O–H groups in total. The minimum atomic E-state index is -0.993. The number of aliphatic hydroxyl groups is 1. The molecule has 112 valence electrons. The summed E-state index contributed by atoms with van der Waals surface area (Å²) in [7, 11) is 0. The van der Waals surface area contributed by atoms with Gasteiger partial charge in [0.15, 0.2) is 0 Å². The summed E-state index contributed by atoms with van der Waals surface area (Å²) in [6.07, 6.45) is 0.567. The van der Waals surface area contributed by atoms with Gasteiger partial charge in [0, 0.05) is 6.54 Å². The van der Waals surface area contributed by atoms with Gasteiger partial charge >= 0.3 is 0 Å². The first-order chi connectivity index (χ1) is 9.14. The first kappa shape index (κ1) is 16.4. The smallest absolute Gasteiger partial charge is 0.277 e. The average molecular weight is 281 g/mol. The highest BCUT2D eigenvalue weighted by Gasteiger charge is 2.24. The molecule has 6 heteroatoms. The Morgan fingerprint density at radius 3 is 2.60 bits per heavy atom. The Kier molecular flexibility index (Phi) is 5.05. The third-order valence-corrected chi connectivity index (χ3v) is 3.17. The summed E-state index contributed by atoms with van der Waals surface area (Å²) in [4.78, 5) is 23.8. The molecule has 0 fully saturated rings. The van der Waals surface area contributed by atoms with Crippen LogP contribution in [0.25, 0.3) is 0 Å². The standard InChI is InChI=1S/C14H23N3O3/c1-8(2)6-14(5,20)7-15-12(18)11-9(3)10(4)16-17-13(11)19/h8,20H,6-7H2,1-5H3,(H,15,18)(H,17,19). The molecule has 0 saturated heterocycles. The fourth-order valence-corrected chi connectivity index (χ4v) is 2.21. The monoisotopic (exact) mass is 281 g/mol. The van der Waals surface area contributed by atoms with Crippen molar-refractivity contribution in [3.05, 3.63) is 27.2 Å². The molecule has 0 spiro atoms. The van der Waals surface area contributed by atoms with Crippen LogP contribution in [0.5, 0.6) is 0 Å². The van der Waals surface area contributed by atoms with Crippen LogP contribution in [-0.2, 0) is 0 Å². The summed E-state index contributed by atoms with van der Waals surface area (Å²) in [5, 5.41) is 18.9. The second kappa shape index (κ2) is 6.17. The molecule has 1 unspecified atom stereocenters. The summed E-state index contributed by atoms with van der Waals surface area (Å²) >= 11 is 0. The summed E-state index contributed by atoms with van der Waals surface area (Å²) in [5.74, 6) is -0.173. The molecule has 1 amide bonds. The van der Waals surface area contributed by atoms with Crippen molar-refractivity contribution >= 4 is 5.91 Å². The second-order valence-electron chi connectivity index (χ2n) is 5.92. The van der Waals surface area contributed by atoms with E-state index in [1.165, 1.54) is 0 Å². The van der Waals surface area contributed by atoms with Crippen molar-refractivity contribution in [2.45, 2.75) is 46.6 Å². The van der Waals surface area contributed by atoms with E-state index < -0.39 is 17.1 Å². The third kappa shape index (κ3) is 4.16. The van der Waals surface area contributed by atoms with E-state index in [0.29, 0.717) is 23.6 Å². The molecule has 1 heterocycles. The van der Waals surface area contributed by atoms with Crippen molar-refractivity contribution < 1.29 is 9.90 Å². The van der Waals surface area contributed by atoms with Crippen LogP contribution >= 0.6 is 0 Å². The first-order valence-corrected chi connectivity index (χ1v) is 6.70. The molecule has 1 atom stereocenters. The van der Waals surface area contributed by atoms with Gasteiger partial charge in [-0.25, -0.2) is 5.10 Å². The predicted octanol–water partition coefficient (Wildman–Crippen LogP) is 0.914.